The smallest absolute Gasteiger partial charge is 0.123 e. The van der Waals surface area contributed by atoms with Gasteiger partial charge in [0.1, 0.15) is 11.9 Å². The molecule has 1 atom stereocenters. The van der Waals surface area contributed by atoms with Gasteiger partial charge in [0.2, 0.25) is 0 Å². The maximum Gasteiger partial charge on any atom is 0.123 e. The van der Waals surface area contributed by atoms with Crippen molar-refractivity contribution in [1.29, 1.82) is 0 Å². The Morgan fingerprint density at radius 3 is 2.76 bits per heavy atom. The van der Waals surface area contributed by atoms with E-state index in [2.05, 4.69) is 58.4 Å². The standard InChI is InChI=1S/C17H16BrIO2/c1-17(2)9-21-15-6-3-10(7-13(15)17)16(20)12-8-11(19)4-5-14(12)18/h3-8,16,20H,9H2,1-2H3. The van der Waals surface area contributed by atoms with Crippen LogP contribution in [-0.4, -0.2) is 11.7 Å². The van der Waals surface area contributed by atoms with E-state index in [-0.39, 0.29) is 5.41 Å². The molecule has 21 heavy (non-hydrogen) atoms. The van der Waals surface area contributed by atoms with Crippen LogP contribution in [0.15, 0.2) is 40.9 Å². The van der Waals surface area contributed by atoms with E-state index in [9.17, 15) is 5.11 Å². The van der Waals surface area contributed by atoms with Crippen LogP contribution < -0.4 is 4.74 Å². The van der Waals surface area contributed by atoms with Crippen molar-refractivity contribution in [3.05, 3.63) is 61.1 Å². The van der Waals surface area contributed by atoms with E-state index in [0.29, 0.717) is 6.61 Å². The second-order valence-corrected chi connectivity index (χ2v) is 8.10. The molecule has 1 heterocycles. The summed E-state index contributed by atoms with van der Waals surface area (Å²) in [5.41, 5.74) is 2.95. The molecule has 1 unspecified atom stereocenters. The summed E-state index contributed by atoms with van der Waals surface area (Å²) in [6, 6.07) is 12.0. The number of hydrogen-bond acceptors (Lipinski definition) is 2. The molecule has 1 aliphatic heterocycles. The maximum atomic E-state index is 10.7. The van der Waals surface area contributed by atoms with Crippen molar-refractivity contribution < 1.29 is 9.84 Å². The van der Waals surface area contributed by atoms with Crippen molar-refractivity contribution in [3.63, 3.8) is 0 Å². The molecule has 4 heteroatoms. The molecule has 2 aromatic rings. The average molecular weight is 459 g/mol. The van der Waals surface area contributed by atoms with E-state index in [0.717, 1.165) is 24.9 Å². The largest absolute Gasteiger partial charge is 0.492 e. The molecule has 0 radical (unpaired) electrons. The van der Waals surface area contributed by atoms with Gasteiger partial charge >= 0.3 is 0 Å². The average Bonchev–Trinajstić information content (AvgIpc) is 2.76. The summed E-state index contributed by atoms with van der Waals surface area (Å²) in [6.07, 6.45) is -0.643. The maximum absolute atomic E-state index is 10.7. The Balaban J connectivity index is 2.03. The van der Waals surface area contributed by atoms with Gasteiger partial charge in [-0.25, -0.2) is 0 Å². The summed E-state index contributed by atoms with van der Waals surface area (Å²) < 4.78 is 7.73. The minimum atomic E-state index is -0.643. The predicted molar refractivity (Wildman–Crippen MR) is 95.9 cm³/mol. The summed E-state index contributed by atoms with van der Waals surface area (Å²) in [5.74, 6) is 0.928. The van der Waals surface area contributed by atoms with Crippen LogP contribution in [0.4, 0.5) is 0 Å². The molecule has 2 nitrogen and oxygen atoms in total. The number of hydrogen-bond donors (Lipinski definition) is 1. The third kappa shape index (κ3) is 2.85. The second kappa shape index (κ2) is 5.56. The molecule has 0 saturated carbocycles. The van der Waals surface area contributed by atoms with Gasteiger partial charge in [-0.2, -0.15) is 0 Å². The fourth-order valence-corrected chi connectivity index (χ4v) is 3.59. The number of ether oxygens (including phenoxy) is 1. The van der Waals surface area contributed by atoms with Gasteiger partial charge in [0, 0.05) is 24.6 Å². The van der Waals surface area contributed by atoms with E-state index < -0.39 is 6.10 Å². The zero-order valence-corrected chi connectivity index (χ0v) is 15.6. The quantitative estimate of drug-likeness (QED) is 0.654. The Morgan fingerprint density at radius 2 is 2.00 bits per heavy atom. The predicted octanol–water partition coefficient (Wildman–Crippen LogP) is 4.81. The number of halogens is 2. The SMILES string of the molecule is CC1(C)COc2ccc(C(O)c3cc(I)ccc3Br)cc21. The van der Waals surface area contributed by atoms with Crippen LogP contribution in [0, 0.1) is 3.57 Å². The highest BCUT2D eigenvalue weighted by atomic mass is 127. The van der Waals surface area contributed by atoms with Crippen molar-refractivity contribution >= 4 is 38.5 Å². The Labute approximate surface area is 146 Å². The third-order valence-electron chi connectivity index (χ3n) is 3.89. The summed E-state index contributed by atoms with van der Waals surface area (Å²) in [6.45, 7) is 5.02. The van der Waals surface area contributed by atoms with Gasteiger partial charge in [0.25, 0.3) is 0 Å². The first kappa shape index (κ1) is 15.3. The lowest BCUT2D eigenvalue weighted by Gasteiger charge is -2.18. The highest BCUT2D eigenvalue weighted by molar-refractivity contribution is 14.1. The van der Waals surface area contributed by atoms with Crippen molar-refractivity contribution in [3.8, 4) is 5.75 Å². The first-order valence-corrected chi connectivity index (χ1v) is 8.66. The number of benzene rings is 2. The van der Waals surface area contributed by atoms with Crippen molar-refractivity contribution in [2.45, 2.75) is 25.4 Å². The van der Waals surface area contributed by atoms with E-state index in [1.807, 2.05) is 30.3 Å². The molecule has 110 valence electrons. The molecule has 0 amide bonds. The van der Waals surface area contributed by atoms with Gasteiger partial charge in [0.15, 0.2) is 0 Å². The zero-order chi connectivity index (χ0) is 15.2. The lowest BCUT2D eigenvalue weighted by Crippen LogP contribution is -2.18. The van der Waals surface area contributed by atoms with Crippen LogP contribution in [0.1, 0.15) is 36.6 Å². The first-order valence-electron chi connectivity index (χ1n) is 6.79. The molecule has 0 aliphatic carbocycles. The Bertz CT molecular complexity index is 697. The highest BCUT2D eigenvalue weighted by Gasteiger charge is 2.32. The van der Waals surface area contributed by atoms with Crippen LogP contribution in [0.3, 0.4) is 0 Å². The van der Waals surface area contributed by atoms with Crippen LogP contribution >= 0.6 is 38.5 Å². The van der Waals surface area contributed by atoms with Crippen molar-refractivity contribution in [2.24, 2.45) is 0 Å². The third-order valence-corrected chi connectivity index (χ3v) is 5.28. The Morgan fingerprint density at radius 1 is 1.24 bits per heavy atom. The lowest BCUT2D eigenvalue weighted by atomic mass is 9.85. The number of aliphatic hydroxyl groups is 1. The van der Waals surface area contributed by atoms with Crippen LogP contribution in [-0.2, 0) is 5.41 Å². The fourth-order valence-electron chi connectivity index (χ4n) is 2.61. The van der Waals surface area contributed by atoms with Crippen LogP contribution in [0.5, 0.6) is 5.75 Å². The molecular weight excluding hydrogens is 443 g/mol. The van der Waals surface area contributed by atoms with Crippen LogP contribution in [0.2, 0.25) is 0 Å². The highest BCUT2D eigenvalue weighted by Crippen LogP contribution is 2.40. The molecule has 1 aliphatic rings. The van der Waals surface area contributed by atoms with Gasteiger partial charge < -0.3 is 9.84 Å². The molecule has 1 N–H and O–H groups in total. The summed E-state index contributed by atoms with van der Waals surface area (Å²) >= 11 is 5.78. The molecule has 0 saturated heterocycles. The van der Waals surface area contributed by atoms with E-state index >= 15 is 0 Å². The molecule has 2 aromatic carbocycles. The van der Waals surface area contributed by atoms with Crippen molar-refractivity contribution in [2.75, 3.05) is 6.61 Å². The Hall–Kier alpha value is -0.590. The van der Waals surface area contributed by atoms with Gasteiger partial charge in [-0.15, -0.1) is 0 Å². The second-order valence-electron chi connectivity index (χ2n) is 6.00. The summed E-state index contributed by atoms with van der Waals surface area (Å²) in [7, 11) is 0. The van der Waals surface area contributed by atoms with Crippen molar-refractivity contribution in [1.82, 2.24) is 0 Å². The molecule has 0 fully saturated rings. The van der Waals surface area contributed by atoms with Gasteiger partial charge in [-0.1, -0.05) is 35.8 Å². The van der Waals surface area contributed by atoms with Gasteiger partial charge in [0.05, 0.1) is 6.61 Å². The van der Waals surface area contributed by atoms with E-state index in [4.69, 9.17) is 4.74 Å². The first-order chi connectivity index (χ1) is 9.88. The molecule has 3 rings (SSSR count). The number of fused-ring (bicyclic) bond motifs is 1. The fraction of sp³-hybridized carbons (Fsp3) is 0.294. The monoisotopic (exact) mass is 458 g/mol. The topological polar surface area (TPSA) is 29.5 Å². The van der Waals surface area contributed by atoms with E-state index in [1.165, 1.54) is 5.56 Å². The number of aliphatic hydroxyl groups excluding tert-OH is 1. The summed E-state index contributed by atoms with van der Waals surface area (Å²) in [5, 5.41) is 10.7. The minimum Gasteiger partial charge on any atom is -0.492 e. The van der Waals surface area contributed by atoms with Crippen LogP contribution in [0.25, 0.3) is 0 Å². The Kier molecular flexibility index (Phi) is 4.05. The molecule has 0 spiro atoms. The summed E-state index contributed by atoms with van der Waals surface area (Å²) in [4.78, 5) is 0. The van der Waals surface area contributed by atoms with E-state index in [1.54, 1.807) is 0 Å². The van der Waals surface area contributed by atoms with Gasteiger partial charge in [-0.3, -0.25) is 0 Å². The lowest BCUT2D eigenvalue weighted by molar-refractivity contribution is 0.219. The number of rotatable bonds is 2. The zero-order valence-electron chi connectivity index (χ0n) is 11.9. The normalized spacial score (nSPS) is 17.2. The van der Waals surface area contributed by atoms with Gasteiger partial charge in [-0.05, 0) is 58.5 Å². The molecular formula is C17H16BrIO2. The molecule has 0 bridgehead atoms. The minimum absolute atomic E-state index is 0.00654. The molecule has 0 aromatic heterocycles.